The van der Waals surface area contributed by atoms with Gasteiger partial charge in [0.25, 0.3) is 0 Å². The van der Waals surface area contributed by atoms with E-state index in [0.29, 0.717) is 11.8 Å². The van der Waals surface area contributed by atoms with Gasteiger partial charge in [-0.15, -0.1) is 0 Å². The first-order valence-electron chi connectivity index (χ1n) is 5.25. The molecule has 1 aliphatic heterocycles. The molecule has 0 bridgehead atoms. The maximum absolute atomic E-state index is 9.32. The van der Waals surface area contributed by atoms with Gasteiger partial charge in [-0.3, -0.25) is 0 Å². The van der Waals surface area contributed by atoms with Gasteiger partial charge in [0.05, 0.1) is 0 Å². The number of likely N-dealkylation sites (tertiary alicyclic amines) is 1. The van der Waals surface area contributed by atoms with Gasteiger partial charge in [-0.1, -0.05) is 23.7 Å². The molecule has 0 aliphatic carbocycles. The van der Waals surface area contributed by atoms with Crippen molar-refractivity contribution in [3.05, 3.63) is 34.9 Å². The zero-order valence-corrected chi connectivity index (χ0v) is 9.61. The Hall–Kier alpha value is -0.570. The maximum Gasteiger partial charge on any atom is 0.0477 e. The lowest BCUT2D eigenvalue weighted by atomic mass is 9.90. The molecule has 1 N–H and O–H groups in total. The van der Waals surface area contributed by atoms with Crippen molar-refractivity contribution in [3.63, 3.8) is 0 Å². The number of halogens is 1. The third-order valence-electron chi connectivity index (χ3n) is 3.16. The van der Waals surface area contributed by atoms with Crippen LogP contribution >= 0.6 is 11.6 Å². The smallest absolute Gasteiger partial charge is 0.0477 e. The molecule has 1 aromatic carbocycles. The summed E-state index contributed by atoms with van der Waals surface area (Å²) >= 11 is 5.86. The molecule has 0 aromatic heterocycles. The largest absolute Gasteiger partial charge is 0.396 e. The Morgan fingerprint density at radius 2 is 2.00 bits per heavy atom. The van der Waals surface area contributed by atoms with Crippen molar-refractivity contribution < 1.29 is 5.11 Å². The fourth-order valence-electron chi connectivity index (χ4n) is 2.36. The Bertz CT molecular complexity index is 325. The van der Waals surface area contributed by atoms with E-state index >= 15 is 0 Å². The van der Waals surface area contributed by atoms with Crippen LogP contribution in [0.2, 0.25) is 5.02 Å². The van der Waals surface area contributed by atoms with Gasteiger partial charge in [0.15, 0.2) is 0 Å². The number of likely N-dealkylation sites (N-methyl/N-ethyl adjacent to an activating group) is 1. The topological polar surface area (TPSA) is 23.5 Å². The van der Waals surface area contributed by atoms with E-state index in [1.807, 2.05) is 12.1 Å². The average molecular weight is 226 g/mol. The van der Waals surface area contributed by atoms with Crippen molar-refractivity contribution in [2.45, 2.75) is 5.92 Å². The van der Waals surface area contributed by atoms with Gasteiger partial charge >= 0.3 is 0 Å². The quantitative estimate of drug-likeness (QED) is 0.832. The molecular formula is C12H16ClNO. The van der Waals surface area contributed by atoms with Crippen LogP contribution in [-0.2, 0) is 0 Å². The summed E-state index contributed by atoms with van der Waals surface area (Å²) < 4.78 is 0. The number of hydrogen-bond acceptors (Lipinski definition) is 2. The van der Waals surface area contributed by atoms with Crippen LogP contribution in [0.4, 0.5) is 0 Å². The molecule has 1 aliphatic rings. The standard InChI is InChI=1S/C12H16ClNO/c1-14-6-10(8-15)12(7-14)9-2-4-11(13)5-3-9/h2-5,10,12,15H,6-8H2,1H3/t10-,12-/m1/s1. The molecular weight excluding hydrogens is 210 g/mol. The number of aliphatic hydroxyl groups excluding tert-OH is 1. The highest BCUT2D eigenvalue weighted by molar-refractivity contribution is 6.30. The van der Waals surface area contributed by atoms with Gasteiger partial charge in [-0.25, -0.2) is 0 Å². The minimum atomic E-state index is 0.262. The van der Waals surface area contributed by atoms with Crippen LogP contribution in [0.1, 0.15) is 11.5 Å². The first kappa shape index (κ1) is 10.9. The molecule has 1 saturated heterocycles. The summed E-state index contributed by atoms with van der Waals surface area (Å²) in [5.74, 6) is 0.799. The Kier molecular flexibility index (Phi) is 3.29. The highest BCUT2D eigenvalue weighted by atomic mass is 35.5. The summed E-state index contributed by atoms with van der Waals surface area (Å²) in [4.78, 5) is 2.26. The van der Waals surface area contributed by atoms with Crippen molar-refractivity contribution >= 4 is 11.6 Å². The molecule has 0 spiro atoms. The molecule has 1 aromatic rings. The summed E-state index contributed by atoms with van der Waals surface area (Å²) in [5, 5.41) is 10.1. The third-order valence-corrected chi connectivity index (χ3v) is 3.41. The fourth-order valence-corrected chi connectivity index (χ4v) is 2.49. The lowest BCUT2D eigenvalue weighted by Crippen LogP contribution is -2.15. The normalized spacial score (nSPS) is 27.1. The molecule has 2 rings (SSSR count). The van der Waals surface area contributed by atoms with Gasteiger partial charge in [0.2, 0.25) is 0 Å². The molecule has 2 atom stereocenters. The number of hydrogen-bond donors (Lipinski definition) is 1. The second-order valence-corrected chi connectivity index (χ2v) is 4.76. The summed E-state index contributed by atoms with van der Waals surface area (Å²) in [5.41, 5.74) is 1.28. The monoisotopic (exact) mass is 225 g/mol. The molecule has 0 radical (unpaired) electrons. The average Bonchev–Trinajstić information content (AvgIpc) is 2.61. The second-order valence-electron chi connectivity index (χ2n) is 4.32. The van der Waals surface area contributed by atoms with Gasteiger partial charge < -0.3 is 10.0 Å². The Balaban J connectivity index is 2.19. The van der Waals surface area contributed by atoms with Gasteiger partial charge in [0.1, 0.15) is 0 Å². The third kappa shape index (κ3) is 2.33. The maximum atomic E-state index is 9.32. The second kappa shape index (κ2) is 4.52. The van der Waals surface area contributed by atoms with Gasteiger partial charge in [0, 0.05) is 36.6 Å². The highest BCUT2D eigenvalue weighted by Crippen LogP contribution is 2.31. The summed E-state index contributed by atoms with van der Waals surface area (Å²) in [6.45, 7) is 2.26. The SMILES string of the molecule is CN1C[C@H](CO)[C@@H](c2ccc(Cl)cc2)C1. The lowest BCUT2D eigenvalue weighted by molar-refractivity contribution is 0.219. The van der Waals surface area contributed by atoms with Crippen LogP contribution < -0.4 is 0 Å². The molecule has 2 nitrogen and oxygen atoms in total. The van der Waals surface area contributed by atoms with Crippen LogP contribution in [-0.4, -0.2) is 36.8 Å². The van der Waals surface area contributed by atoms with E-state index in [9.17, 15) is 5.11 Å². The van der Waals surface area contributed by atoms with E-state index in [2.05, 4.69) is 24.1 Å². The van der Waals surface area contributed by atoms with E-state index < -0.39 is 0 Å². The number of benzene rings is 1. The molecule has 0 saturated carbocycles. The van der Waals surface area contributed by atoms with Crippen molar-refractivity contribution in [1.82, 2.24) is 4.90 Å². The van der Waals surface area contributed by atoms with Gasteiger partial charge in [-0.05, 0) is 24.7 Å². The summed E-state index contributed by atoms with van der Waals surface area (Å²) in [6, 6.07) is 7.97. The zero-order chi connectivity index (χ0) is 10.8. The molecule has 3 heteroatoms. The summed E-state index contributed by atoms with van der Waals surface area (Å²) in [7, 11) is 2.10. The van der Waals surface area contributed by atoms with Crippen molar-refractivity contribution in [2.24, 2.45) is 5.92 Å². The predicted octanol–water partition coefficient (Wildman–Crippen LogP) is 1.98. The van der Waals surface area contributed by atoms with E-state index in [-0.39, 0.29) is 6.61 Å². The molecule has 0 amide bonds. The van der Waals surface area contributed by atoms with Crippen molar-refractivity contribution in [3.8, 4) is 0 Å². The number of nitrogens with zero attached hydrogens (tertiary/aromatic N) is 1. The number of aliphatic hydroxyl groups is 1. The number of rotatable bonds is 2. The van der Waals surface area contributed by atoms with Crippen LogP contribution in [0.15, 0.2) is 24.3 Å². The highest BCUT2D eigenvalue weighted by Gasteiger charge is 2.31. The van der Waals surface area contributed by atoms with E-state index in [1.54, 1.807) is 0 Å². The molecule has 15 heavy (non-hydrogen) atoms. The van der Waals surface area contributed by atoms with Crippen molar-refractivity contribution in [2.75, 3.05) is 26.7 Å². The van der Waals surface area contributed by atoms with Crippen LogP contribution in [0.5, 0.6) is 0 Å². The lowest BCUT2D eigenvalue weighted by Gasteiger charge is -2.16. The van der Waals surface area contributed by atoms with Crippen LogP contribution in [0.3, 0.4) is 0 Å². The first-order chi connectivity index (χ1) is 7.20. The predicted molar refractivity (Wildman–Crippen MR) is 62.3 cm³/mol. The molecule has 0 unspecified atom stereocenters. The molecule has 82 valence electrons. The Morgan fingerprint density at radius 3 is 2.60 bits per heavy atom. The van der Waals surface area contributed by atoms with E-state index in [1.165, 1.54) is 5.56 Å². The van der Waals surface area contributed by atoms with E-state index in [4.69, 9.17) is 11.6 Å². The minimum Gasteiger partial charge on any atom is -0.396 e. The molecule has 1 fully saturated rings. The first-order valence-corrected chi connectivity index (χ1v) is 5.63. The fraction of sp³-hybridized carbons (Fsp3) is 0.500. The van der Waals surface area contributed by atoms with E-state index in [0.717, 1.165) is 18.1 Å². The minimum absolute atomic E-state index is 0.262. The zero-order valence-electron chi connectivity index (χ0n) is 8.86. The van der Waals surface area contributed by atoms with Crippen LogP contribution in [0.25, 0.3) is 0 Å². The van der Waals surface area contributed by atoms with Crippen molar-refractivity contribution in [1.29, 1.82) is 0 Å². The Morgan fingerprint density at radius 1 is 1.33 bits per heavy atom. The van der Waals surface area contributed by atoms with Crippen LogP contribution in [0, 0.1) is 5.92 Å². The summed E-state index contributed by atoms with van der Waals surface area (Å²) in [6.07, 6.45) is 0. The van der Waals surface area contributed by atoms with Gasteiger partial charge in [-0.2, -0.15) is 0 Å². The molecule has 1 heterocycles. The Labute approximate surface area is 95.5 Å².